The van der Waals surface area contributed by atoms with Crippen molar-refractivity contribution in [2.75, 3.05) is 31.2 Å². The standard InChI is InChI=1S/C41H50N2O6S/c1-7-21-42-35-12-10-9-11-33(35)40(3,4)37(42)19-16-31-28-13-14-29(25-28)32(39(31)49-24-23-48-27-44)17-20-38-41(5,6)34-26-30(50(45,46)47)15-18-36(34)43(38)22-8-2/h9-12,15-20,26-29H,7-8,13-14,21-25H2,1-6H3/p+1. The number of fused-ring (bicyclic) bond motifs is 4. The largest absolute Gasteiger partial charge is 0.489 e. The van der Waals surface area contributed by atoms with Gasteiger partial charge in [-0.05, 0) is 98.4 Å². The molecular formula is C41H51N2O6S+. The summed E-state index contributed by atoms with van der Waals surface area (Å²) in [4.78, 5) is 13.1. The zero-order valence-corrected chi connectivity index (χ0v) is 31.1. The zero-order chi connectivity index (χ0) is 35.8. The van der Waals surface area contributed by atoms with Crippen LogP contribution in [0.3, 0.4) is 0 Å². The van der Waals surface area contributed by atoms with E-state index < -0.39 is 15.5 Å². The zero-order valence-electron chi connectivity index (χ0n) is 30.2. The smallest absolute Gasteiger partial charge is 0.294 e. The van der Waals surface area contributed by atoms with E-state index in [2.05, 4.69) is 99.6 Å². The summed E-state index contributed by atoms with van der Waals surface area (Å²) in [5.41, 5.74) is 8.42. The van der Waals surface area contributed by atoms with Gasteiger partial charge in [0.2, 0.25) is 5.69 Å². The Morgan fingerprint density at radius 2 is 1.70 bits per heavy atom. The number of ether oxygens (including phenoxy) is 2. The van der Waals surface area contributed by atoms with Crippen molar-refractivity contribution in [3.8, 4) is 0 Å². The SMILES string of the molecule is CCCN1C(=CC=C2C(OCCOC=O)=C(C=CC3=[N+](CCC)c4ccccc4C3(C)C)C3CCC2C3)C(C)(C)c2cc(S(=O)(=O)O)ccc21. The molecule has 1 fully saturated rings. The van der Waals surface area contributed by atoms with Gasteiger partial charge in [-0.3, -0.25) is 9.35 Å². The molecule has 50 heavy (non-hydrogen) atoms. The van der Waals surface area contributed by atoms with Crippen molar-refractivity contribution in [2.24, 2.45) is 11.8 Å². The number of hydrogen-bond donors (Lipinski definition) is 1. The number of carbonyl (C=O) groups excluding carboxylic acids is 1. The van der Waals surface area contributed by atoms with Crippen molar-refractivity contribution < 1.29 is 31.8 Å². The first kappa shape index (κ1) is 35.9. The van der Waals surface area contributed by atoms with Crippen molar-refractivity contribution >= 4 is 33.7 Å². The third-order valence-corrected chi connectivity index (χ3v) is 11.9. The highest BCUT2D eigenvalue weighted by Crippen LogP contribution is 2.51. The molecule has 0 saturated heterocycles. The van der Waals surface area contributed by atoms with Crippen LogP contribution in [0, 0.1) is 11.8 Å². The third-order valence-electron chi connectivity index (χ3n) is 11.0. The molecule has 9 heteroatoms. The lowest BCUT2D eigenvalue weighted by Crippen LogP contribution is -2.28. The van der Waals surface area contributed by atoms with Crippen molar-refractivity contribution in [3.05, 3.63) is 100 Å². The first-order chi connectivity index (χ1) is 23.8. The number of benzene rings is 2. The molecule has 0 spiro atoms. The predicted octanol–water partition coefficient (Wildman–Crippen LogP) is 8.17. The maximum absolute atomic E-state index is 12.1. The summed E-state index contributed by atoms with van der Waals surface area (Å²) >= 11 is 0. The first-order valence-corrected chi connectivity index (χ1v) is 19.5. The number of hydrogen-bond acceptors (Lipinski definition) is 6. The van der Waals surface area contributed by atoms with Gasteiger partial charge in [0.25, 0.3) is 16.6 Å². The van der Waals surface area contributed by atoms with Crippen LogP contribution in [0.4, 0.5) is 11.4 Å². The summed E-state index contributed by atoms with van der Waals surface area (Å²) in [6.07, 6.45) is 14.1. The van der Waals surface area contributed by atoms with E-state index in [0.29, 0.717) is 18.3 Å². The van der Waals surface area contributed by atoms with Gasteiger partial charge in [-0.1, -0.05) is 52.0 Å². The minimum Gasteiger partial charge on any atom is -0.489 e. The van der Waals surface area contributed by atoms with Crippen molar-refractivity contribution in [2.45, 2.75) is 89.4 Å². The van der Waals surface area contributed by atoms with Crippen LogP contribution in [0.1, 0.15) is 84.8 Å². The van der Waals surface area contributed by atoms with Gasteiger partial charge in [0.05, 0.1) is 10.3 Å². The van der Waals surface area contributed by atoms with Gasteiger partial charge in [0.15, 0.2) is 5.71 Å². The molecule has 2 aliphatic carbocycles. The Kier molecular flexibility index (Phi) is 10.0. The molecular weight excluding hydrogens is 649 g/mol. The molecule has 8 nitrogen and oxygen atoms in total. The minimum absolute atomic E-state index is 0.0962. The van der Waals surface area contributed by atoms with Crippen LogP contribution in [-0.4, -0.2) is 56.0 Å². The molecule has 0 radical (unpaired) electrons. The van der Waals surface area contributed by atoms with E-state index in [1.807, 2.05) is 0 Å². The normalized spacial score (nSPS) is 23.7. The van der Waals surface area contributed by atoms with Gasteiger partial charge in [0, 0.05) is 47.5 Å². The second-order valence-corrected chi connectivity index (χ2v) is 16.3. The van der Waals surface area contributed by atoms with E-state index in [4.69, 9.17) is 9.47 Å². The van der Waals surface area contributed by atoms with Crippen molar-refractivity contribution in [1.82, 2.24) is 0 Å². The lowest BCUT2D eigenvalue weighted by Gasteiger charge is -2.29. The third kappa shape index (κ3) is 6.39. The molecule has 1 saturated carbocycles. The number of nitrogens with zero attached hydrogens (tertiary/aromatic N) is 2. The van der Waals surface area contributed by atoms with Crippen LogP contribution >= 0.6 is 0 Å². The topological polar surface area (TPSA) is 96.2 Å². The Balaban J connectivity index is 1.46. The second kappa shape index (κ2) is 14.0. The van der Waals surface area contributed by atoms with Crippen LogP contribution in [0.15, 0.2) is 94.3 Å². The van der Waals surface area contributed by atoms with E-state index in [0.717, 1.165) is 73.5 Å². The van der Waals surface area contributed by atoms with Gasteiger partial charge in [-0.15, -0.1) is 0 Å². The minimum atomic E-state index is -4.34. The Bertz CT molecular complexity index is 1930. The van der Waals surface area contributed by atoms with Gasteiger partial charge < -0.3 is 14.4 Å². The first-order valence-electron chi connectivity index (χ1n) is 18.0. The lowest BCUT2D eigenvalue weighted by atomic mass is 9.79. The average molecular weight is 700 g/mol. The van der Waals surface area contributed by atoms with Crippen molar-refractivity contribution in [1.29, 1.82) is 0 Å². The maximum Gasteiger partial charge on any atom is 0.294 e. The van der Waals surface area contributed by atoms with Gasteiger partial charge in [-0.25, -0.2) is 0 Å². The van der Waals surface area contributed by atoms with Gasteiger partial charge in [-0.2, -0.15) is 13.0 Å². The molecule has 2 unspecified atom stereocenters. The number of para-hydroxylation sites is 1. The van der Waals surface area contributed by atoms with E-state index in [-0.39, 0.29) is 23.5 Å². The highest BCUT2D eigenvalue weighted by atomic mass is 32.2. The van der Waals surface area contributed by atoms with Crippen LogP contribution in [-0.2, 0) is 35.2 Å². The number of carbonyl (C=O) groups is 1. The molecule has 2 aromatic rings. The molecule has 0 amide bonds. The summed E-state index contributed by atoms with van der Waals surface area (Å²) in [5.74, 6) is 1.58. The fourth-order valence-corrected chi connectivity index (χ4v) is 9.14. The Labute approximate surface area is 297 Å². The van der Waals surface area contributed by atoms with E-state index in [9.17, 15) is 17.8 Å². The molecule has 2 aliphatic heterocycles. The van der Waals surface area contributed by atoms with E-state index in [1.165, 1.54) is 28.6 Å². The Morgan fingerprint density at radius 1 is 0.940 bits per heavy atom. The molecule has 2 aromatic carbocycles. The Hall–Kier alpha value is -3.95. The average Bonchev–Trinajstić information content (AvgIpc) is 3.67. The summed E-state index contributed by atoms with van der Waals surface area (Å²) in [7, 11) is -4.34. The summed E-state index contributed by atoms with van der Waals surface area (Å²) < 4.78 is 48.0. The van der Waals surface area contributed by atoms with Crippen LogP contribution < -0.4 is 4.90 Å². The fraction of sp³-hybridized carbons (Fsp3) is 0.463. The monoisotopic (exact) mass is 699 g/mol. The van der Waals surface area contributed by atoms with Gasteiger partial charge >= 0.3 is 0 Å². The number of allylic oxidation sites excluding steroid dienone is 7. The van der Waals surface area contributed by atoms with Crippen LogP contribution in [0.2, 0.25) is 0 Å². The van der Waals surface area contributed by atoms with Gasteiger partial charge in [0.1, 0.15) is 25.5 Å². The fourth-order valence-electron chi connectivity index (χ4n) is 8.64. The molecule has 6 rings (SSSR count). The molecule has 2 bridgehead atoms. The highest BCUT2D eigenvalue weighted by molar-refractivity contribution is 7.85. The molecule has 0 aromatic heterocycles. The van der Waals surface area contributed by atoms with Crippen LogP contribution in [0.5, 0.6) is 0 Å². The summed E-state index contributed by atoms with van der Waals surface area (Å²) in [6.45, 7) is 15.7. The highest BCUT2D eigenvalue weighted by Gasteiger charge is 2.45. The predicted molar refractivity (Wildman–Crippen MR) is 198 cm³/mol. The maximum atomic E-state index is 12.1. The molecule has 1 N–H and O–H groups in total. The molecule has 4 aliphatic rings. The van der Waals surface area contributed by atoms with Crippen molar-refractivity contribution in [3.63, 3.8) is 0 Å². The van der Waals surface area contributed by atoms with E-state index in [1.54, 1.807) is 12.1 Å². The number of rotatable bonds is 13. The summed E-state index contributed by atoms with van der Waals surface area (Å²) in [5, 5.41) is 0. The second-order valence-electron chi connectivity index (χ2n) is 14.9. The van der Waals surface area contributed by atoms with E-state index >= 15 is 0 Å². The molecule has 2 atom stereocenters. The summed E-state index contributed by atoms with van der Waals surface area (Å²) in [6, 6.07) is 13.6. The molecule has 266 valence electrons. The van der Waals surface area contributed by atoms with Crippen LogP contribution in [0.25, 0.3) is 0 Å². The molecule has 2 heterocycles. The lowest BCUT2D eigenvalue weighted by molar-refractivity contribution is -0.437. The quantitative estimate of drug-likeness (QED) is 0.0976. The number of anilines is 1. The Morgan fingerprint density at radius 3 is 2.42 bits per heavy atom.